The average Bonchev–Trinajstić information content (AvgIpc) is 3.00. The van der Waals surface area contributed by atoms with E-state index in [-0.39, 0.29) is 24.9 Å². The summed E-state index contributed by atoms with van der Waals surface area (Å²) < 4.78 is 11.1. The zero-order valence-electron chi connectivity index (χ0n) is 23.5. The summed E-state index contributed by atoms with van der Waals surface area (Å²) >= 11 is 5.98. The SMILES string of the molecule is CCOCCCN(C(=O)OCc1ccccc1)c1ccc(C(=O)N2CCN(CCc3ccc(Cl)cc3)CC2)cc1.Cl. The van der Waals surface area contributed by atoms with Gasteiger partial charge in [-0.05, 0) is 67.3 Å². The number of benzene rings is 3. The van der Waals surface area contributed by atoms with Gasteiger partial charge in [0.2, 0.25) is 0 Å². The van der Waals surface area contributed by atoms with E-state index >= 15 is 0 Å². The number of carbonyl (C=O) groups excluding carboxylic acids is 2. The molecule has 2 amide bonds. The lowest BCUT2D eigenvalue weighted by Gasteiger charge is -2.35. The van der Waals surface area contributed by atoms with Gasteiger partial charge in [-0.1, -0.05) is 54.1 Å². The van der Waals surface area contributed by atoms with Gasteiger partial charge >= 0.3 is 6.09 Å². The molecule has 41 heavy (non-hydrogen) atoms. The van der Waals surface area contributed by atoms with Crippen LogP contribution in [0.1, 0.15) is 34.8 Å². The van der Waals surface area contributed by atoms with E-state index in [1.165, 1.54) is 5.56 Å². The fourth-order valence-corrected chi connectivity index (χ4v) is 4.80. The topological polar surface area (TPSA) is 62.3 Å². The molecule has 1 saturated heterocycles. The van der Waals surface area contributed by atoms with Crippen LogP contribution in [-0.2, 0) is 22.5 Å². The molecule has 0 saturated carbocycles. The Morgan fingerprint density at radius 1 is 0.878 bits per heavy atom. The lowest BCUT2D eigenvalue weighted by Crippen LogP contribution is -2.49. The Bertz CT molecular complexity index is 1200. The number of nitrogens with zero attached hydrogens (tertiary/aromatic N) is 3. The Balaban J connectivity index is 0.00000462. The van der Waals surface area contributed by atoms with Gasteiger partial charge in [-0.2, -0.15) is 0 Å². The van der Waals surface area contributed by atoms with E-state index in [1.54, 1.807) is 17.0 Å². The Hall–Kier alpha value is -3.10. The summed E-state index contributed by atoms with van der Waals surface area (Å²) in [6.45, 7) is 7.82. The van der Waals surface area contributed by atoms with Crippen LogP contribution < -0.4 is 4.90 Å². The lowest BCUT2D eigenvalue weighted by atomic mass is 10.1. The second-order valence-electron chi connectivity index (χ2n) is 9.80. The highest BCUT2D eigenvalue weighted by atomic mass is 35.5. The van der Waals surface area contributed by atoms with E-state index < -0.39 is 6.09 Å². The van der Waals surface area contributed by atoms with Crippen molar-refractivity contribution in [2.45, 2.75) is 26.4 Å². The number of piperazine rings is 1. The first-order chi connectivity index (χ1) is 19.5. The Morgan fingerprint density at radius 3 is 2.22 bits per heavy atom. The molecular weight excluding hydrogens is 561 g/mol. The molecule has 1 aliphatic rings. The molecule has 0 spiro atoms. The van der Waals surface area contributed by atoms with Crippen LogP contribution in [0.25, 0.3) is 0 Å². The van der Waals surface area contributed by atoms with Crippen molar-refractivity contribution in [3.8, 4) is 0 Å². The second kappa shape index (κ2) is 17.0. The summed E-state index contributed by atoms with van der Waals surface area (Å²) in [7, 11) is 0. The van der Waals surface area contributed by atoms with Gasteiger partial charge in [0.25, 0.3) is 5.91 Å². The minimum atomic E-state index is -0.422. The first-order valence-corrected chi connectivity index (χ1v) is 14.3. The normalized spacial score (nSPS) is 13.4. The fourth-order valence-electron chi connectivity index (χ4n) is 4.67. The van der Waals surface area contributed by atoms with Crippen LogP contribution in [0.4, 0.5) is 10.5 Å². The highest BCUT2D eigenvalue weighted by Crippen LogP contribution is 2.20. The standard InChI is InChI=1S/C32H38ClN3O4.ClH/c1-2-39-24-6-18-36(32(38)40-25-27-7-4-3-5-8-27)30-15-11-28(12-16-30)31(37)35-22-20-34(21-23-35)19-17-26-9-13-29(33)14-10-26;/h3-5,7-16H,2,6,17-25H2,1H3;1H. The molecule has 0 atom stereocenters. The van der Waals surface area contributed by atoms with Gasteiger partial charge in [0.1, 0.15) is 6.61 Å². The van der Waals surface area contributed by atoms with Crippen molar-refractivity contribution in [2.75, 3.05) is 57.4 Å². The van der Waals surface area contributed by atoms with Crippen LogP contribution in [-0.4, -0.2) is 74.3 Å². The molecule has 9 heteroatoms. The molecule has 1 fully saturated rings. The predicted octanol–water partition coefficient (Wildman–Crippen LogP) is 6.33. The minimum Gasteiger partial charge on any atom is -0.444 e. The number of amides is 2. The van der Waals surface area contributed by atoms with Gasteiger partial charge in [0, 0.05) is 68.8 Å². The first-order valence-electron chi connectivity index (χ1n) is 14.0. The highest BCUT2D eigenvalue weighted by Gasteiger charge is 2.23. The maximum absolute atomic E-state index is 13.2. The first kappa shape index (κ1) is 32.4. The zero-order chi connectivity index (χ0) is 28.2. The molecular formula is C32H39Cl2N3O4. The molecule has 0 aliphatic carbocycles. The number of hydrogen-bond acceptors (Lipinski definition) is 5. The van der Waals surface area contributed by atoms with E-state index in [1.807, 2.05) is 66.4 Å². The number of ether oxygens (including phenoxy) is 2. The number of rotatable bonds is 12. The Labute approximate surface area is 254 Å². The molecule has 7 nitrogen and oxygen atoms in total. The van der Waals surface area contributed by atoms with Crippen molar-refractivity contribution in [3.63, 3.8) is 0 Å². The monoisotopic (exact) mass is 599 g/mol. The summed E-state index contributed by atoms with van der Waals surface area (Å²) in [5.41, 5.74) is 3.50. The molecule has 0 bridgehead atoms. The maximum Gasteiger partial charge on any atom is 0.414 e. The van der Waals surface area contributed by atoms with Gasteiger partial charge in [0.15, 0.2) is 0 Å². The molecule has 0 aromatic heterocycles. The summed E-state index contributed by atoms with van der Waals surface area (Å²) in [6.07, 6.45) is 1.22. The molecule has 0 radical (unpaired) electrons. The molecule has 3 aromatic carbocycles. The van der Waals surface area contributed by atoms with E-state index in [0.29, 0.717) is 50.5 Å². The fraction of sp³-hybridized carbons (Fsp3) is 0.375. The van der Waals surface area contributed by atoms with Crippen LogP contribution in [0.5, 0.6) is 0 Å². The van der Waals surface area contributed by atoms with Crippen molar-refractivity contribution >= 4 is 41.7 Å². The number of carbonyl (C=O) groups is 2. The van der Waals surface area contributed by atoms with E-state index in [9.17, 15) is 9.59 Å². The number of anilines is 1. The summed E-state index contributed by atoms with van der Waals surface area (Å²) in [6, 6.07) is 24.8. The molecule has 1 heterocycles. The lowest BCUT2D eigenvalue weighted by molar-refractivity contribution is 0.0638. The predicted molar refractivity (Wildman–Crippen MR) is 166 cm³/mol. The Kier molecular flexibility index (Phi) is 13.4. The van der Waals surface area contributed by atoms with Gasteiger partial charge < -0.3 is 14.4 Å². The molecule has 4 rings (SSSR count). The van der Waals surface area contributed by atoms with Crippen molar-refractivity contribution in [1.29, 1.82) is 0 Å². The number of halogens is 2. The third-order valence-electron chi connectivity index (χ3n) is 7.02. The smallest absolute Gasteiger partial charge is 0.414 e. The summed E-state index contributed by atoms with van der Waals surface area (Å²) in [5.74, 6) is 0.0125. The molecule has 0 N–H and O–H groups in total. The zero-order valence-corrected chi connectivity index (χ0v) is 25.1. The van der Waals surface area contributed by atoms with Crippen molar-refractivity contribution in [3.05, 3.63) is 101 Å². The quantitative estimate of drug-likeness (QED) is 0.228. The van der Waals surface area contributed by atoms with E-state index in [0.717, 1.165) is 36.6 Å². The van der Waals surface area contributed by atoms with Crippen LogP contribution in [0.3, 0.4) is 0 Å². The molecule has 3 aromatic rings. The molecule has 1 aliphatic heterocycles. The number of hydrogen-bond donors (Lipinski definition) is 0. The summed E-state index contributed by atoms with van der Waals surface area (Å²) in [4.78, 5) is 32.1. The van der Waals surface area contributed by atoms with Gasteiger partial charge in [-0.15, -0.1) is 12.4 Å². The largest absolute Gasteiger partial charge is 0.444 e. The second-order valence-corrected chi connectivity index (χ2v) is 10.2. The highest BCUT2D eigenvalue weighted by molar-refractivity contribution is 6.30. The van der Waals surface area contributed by atoms with Crippen molar-refractivity contribution < 1.29 is 19.1 Å². The van der Waals surface area contributed by atoms with Crippen molar-refractivity contribution in [1.82, 2.24) is 9.80 Å². The van der Waals surface area contributed by atoms with Gasteiger partial charge in [0.05, 0.1) is 0 Å². The minimum absolute atomic E-state index is 0. The third-order valence-corrected chi connectivity index (χ3v) is 7.27. The molecule has 220 valence electrons. The van der Waals surface area contributed by atoms with Gasteiger partial charge in [-0.3, -0.25) is 14.6 Å². The maximum atomic E-state index is 13.2. The third kappa shape index (κ3) is 10.0. The van der Waals surface area contributed by atoms with Crippen molar-refractivity contribution in [2.24, 2.45) is 0 Å². The molecule has 0 unspecified atom stereocenters. The Morgan fingerprint density at radius 2 is 1.56 bits per heavy atom. The van der Waals surface area contributed by atoms with E-state index in [4.69, 9.17) is 21.1 Å². The van der Waals surface area contributed by atoms with Crippen LogP contribution >= 0.6 is 24.0 Å². The van der Waals surface area contributed by atoms with Gasteiger partial charge in [-0.25, -0.2) is 4.79 Å². The van der Waals surface area contributed by atoms with Crippen LogP contribution in [0.2, 0.25) is 5.02 Å². The average molecular weight is 601 g/mol. The van der Waals surface area contributed by atoms with Crippen LogP contribution in [0.15, 0.2) is 78.9 Å². The van der Waals surface area contributed by atoms with Crippen LogP contribution in [0, 0.1) is 0 Å². The summed E-state index contributed by atoms with van der Waals surface area (Å²) in [5, 5.41) is 0.751. The van der Waals surface area contributed by atoms with E-state index in [2.05, 4.69) is 17.0 Å².